The number of fused-ring (bicyclic) bond motifs is 4. The second-order valence-corrected chi connectivity index (χ2v) is 6.06. The molecule has 0 spiro atoms. The summed E-state index contributed by atoms with van der Waals surface area (Å²) in [4.78, 5) is 0. The van der Waals surface area contributed by atoms with Gasteiger partial charge in [-0.1, -0.05) is 23.7 Å². The molecule has 2 nitrogen and oxygen atoms in total. The number of hydrogen-bond donors (Lipinski definition) is 0. The molecule has 0 amide bonds. The predicted octanol–water partition coefficient (Wildman–Crippen LogP) is 6.65. The normalized spacial score (nSPS) is 11.7. The second-order valence-electron chi connectivity index (χ2n) is 5.63. The summed E-state index contributed by atoms with van der Waals surface area (Å²) in [7, 11) is 0. The topological polar surface area (TPSA) is 26.3 Å². The van der Waals surface area contributed by atoms with E-state index in [4.69, 9.17) is 20.4 Å². The van der Waals surface area contributed by atoms with E-state index in [-0.39, 0.29) is 0 Å². The third kappa shape index (κ3) is 1.96. The summed E-state index contributed by atoms with van der Waals surface area (Å²) in [6.45, 7) is 0. The second kappa shape index (κ2) is 4.64. The third-order valence-electron chi connectivity index (χ3n) is 4.22. The first-order chi connectivity index (χ1) is 11.3. The van der Waals surface area contributed by atoms with Crippen molar-refractivity contribution in [3.05, 3.63) is 71.9 Å². The maximum Gasteiger partial charge on any atom is 0.135 e. The summed E-state index contributed by atoms with van der Waals surface area (Å²) in [5, 5.41) is 3.93. The summed E-state index contributed by atoms with van der Waals surface area (Å²) in [5.41, 5.74) is 4.91. The van der Waals surface area contributed by atoms with Gasteiger partial charge in [-0.2, -0.15) is 0 Å². The summed E-state index contributed by atoms with van der Waals surface area (Å²) in [5.74, 6) is 0. The first kappa shape index (κ1) is 12.8. The van der Waals surface area contributed by atoms with Crippen LogP contribution in [0, 0.1) is 0 Å². The Bertz CT molecular complexity index is 1180. The number of benzene rings is 3. The summed E-state index contributed by atoms with van der Waals surface area (Å²) in [6, 6.07) is 20.1. The molecule has 0 saturated heterocycles. The molecule has 0 saturated carbocycles. The molecule has 23 heavy (non-hydrogen) atoms. The Morgan fingerprint density at radius 3 is 2.22 bits per heavy atom. The van der Waals surface area contributed by atoms with Crippen molar-refractivity contribution in [3.8, 4) is 11.1 Å². The average Bonchev–Trinajstić information content (AvgIpc) is 3.17. The highest BCUT2D eigenvalue weighted by Gasteiger charge is 2.09. The zero-order chi connectivity index (χ0) is 15.4. The number of rotatable bonds is 1. The Kier molecular flexibility index (Phi) is 2.58. The van der Waals surface area contributed by atoms with Gasteiger partial charge in [0.1, 0.15) is 16.7 Å². The summed E-state index contributed by atoms with van der Waals surface area (Å²) >= 11 is 6.13. The zero-order valence-electron chi connectivity index (χ0n) is 12.0. The van der Waals surface area contributed by atoms with Gasteiger partial charge >= 0.3 is 0 Å². The van der Waals surface area contributed by atoms with Crippen molar-refractivity contribution in [2.75, 3.05) is 0 Å². The van der Waals surface area contributed by atoms with Crippen LogP contribution in [0.15, 0.2) is 75.8 Å². The van der Waals surface area contributed by atoms with Gasteiger partial charge < -0.3 is 8.83 Å². The highest BCUT2D eigenvalue weighted by Crippen LogP contribution is 2.34. The molecule has 0 atom stereocenters. The Balaban J connectivity index is 1.77. The maximum absolute atomic E-state index is 6.13. The molecule has 110 valence electrons. The van der Waals surface area contributed by atoms with E-state index in [0.717, 1.165) is 44.0 Å². The SMILES string of the molecule is Clc1ccc2oc3ccc(-c4ccc5occc5c4)cc3c2c1. The van der Waals surface area contributed by atoms with Crippen molar-refractivity contribution >= 4 is 44.5 Å². The minimum absolute atomic E-state index is 0.713. The Morgan fingerprint density at radius 1 is 0.652 bits per heavy atom. The van der Waals surface area contributed by atoms with Crippen LogP contribution in [0.1, 0.15) is 0 Å². The molecule has 3 heteroatoms. The van der Waals surface area contributed by atoms with Crippen molar-refractivity contribution in [1.29, 1.82) is 0 Å². The fraction of sp³-hybridized carbons (Fsp3) is 0. The standard InChI is InChI=1S/C20H11ClO2/c21-15-3-6-20-17(11-15)16-10-13(2-5-19(16)23-20)12-1-4-18-14(9-12)7-8-22-18/h1-11H. The van der Waals surface area contributed by atoms with E-state index in [1.54, 1.807) is 6.26 Å². The molecule has 0 aliphatic carbocycles. The van der Waals surface area contributed by atoms with E-state index >= 15 is 0 Å². The first-order valence-electron chi connectivity index (χ1n) is 7.37. The van der Waals surface area contributed by atoms with Gasteiger partial charge in [-0.15, -0.1) is 0 Å². The molecular weight excluding hydrogens is 308 g/mol. The van der Waals surface area contributed by atoms with Crippen LogP contribution >= 0.6 is 11.6 Å². The minimum Gasteiger partial charge on any atom is -0.464 e. The van der Waals surface area contributed by atoms with Crippen LogP contribution in [-0.2, 0) is 0 Å². The monoisotopic (exact) mass is 318 g/mol. The van der Waals surface area contributed by atoms with Crippen molar-refractivity contribution < 1.29 is 8.83 Å². The molecule has 0 N–H and O–H groups in total. The maximum atomic E-state index is 6.13. The largest absolute Gasteiger partial charge is 0.464 e. The lowest BCUT2D eigenvalue weighted by atomic mass is 10.0. The lowest BCUT2D eigenvalue weighted by Gasteiger charge is -2.02. The van der Waals surface area contributed by atoms with Gasteiger partial charge in [0.25, 0.3) is 0 Å². The van der Waals surface area contributed by atoms with E-state index in [0.29, 0.717) is 5.02 Å². The molecular formula is C20H11ClO2. The van der Waals surface area contributed by atoms with Crippen LogP contribution in [0.2, 0.25) is 5.02 Å². The number of hydrogen-bond acceptors (Lipinski definition) is 2. The molecule has 3 aromatic carbocycles. The zero-order valence-corrected chi connectivity index (χ0v) is 12.8. The fourth-order valence-corrected chi connectivity index (χ4v) is 3.25. The van der Waals surface area contributed by atoms with Gasteiger partial charge in [0.15, 0.2) is 0 Å². The van der Waals surface area contributed by atoms with Crippen molar-refractivity contribution in [1.82, 2.24) is 0 Å². The molecule has 0 aliphatic rings. The highest BCUT2D eigenvalue weighted by atomic mass is 35.5. The van der Waals surface area contributed by atoms with Crippen LogP contribution in [0.25, 0.3) is 44.0 Å². The Labute approximate surface area is 136 Å². The quantitative estimate of drug-likeness (QED) is 0.346. The summed E-state index contributed by atoms with van der Waals surface area (Å²) < 4.78 is 11.3. The molecule has 0 aliphatic heterocycles. The molecule has 0 radical (unpaired) electrons. The molecule has 2 heterocycles. The van der Waals surface area contributed by atoms with Crippen molar-refractivity contribution in [2.45, 2.75) is 0 Å². The summed E-state index contributed by atoms with van der Waals surface area (Å²) in [6.07, 6.45) is 1.71. The highest BCUT2D eigenvalue weighted by molar-refractivity contribution is 6.31. The molecule has 0 fully saturated rings. The molecule has 5 aromatic rings. The average molecular weight is 319 g/mol. The van der Waals surface area contributed by atoms with Gasteiger partial charge in [-0.25, -0.2) is 0 Å². The fourth-order valence-electron chi connectivity index (χ4n) is 3.08. The first-order valence-corrected chi connectivity index (χ1v) is 7.75. The lowest BCUT2D eigenvalue weighted by Crippen LogP contribution is -1.77. The number of halogens is 1. The van der Waals surface area contributed by atoms with Gasteiger partial charge in [0, 0.05) is 21.2 Å². The minimum atomic E-state index is 0.713. The Hall–Kier alpha value is -2.71. The van der Waals surface area contributed by atoms with Gasteiger partial charge in [0.2, 0.25) is 0 Å². The predicted molar refractivity (Wildman–Crippen MR) is 93.9 cm³/mol. The molecule has 0 bridgehead atoms. The van der Waals surface area contributed by atoms with Crippen LogP contribution < -0.4 is 0 Å². The van der Waals surface area contributed by atoms with Crippen molar-refractivity contribution in [2.24, 2.45) is 0 Å². The van der Waals surface area contributed by atoms with Crippen LogP contribution in [0.5, 0.6) is 0 Å². The van der Waals surface area contributed by atoms with Crippen molar-refractivity contribution in [3.63, 3.8) is 0 Å². The van der Waals surface area contributed by atoms with Crippen LogP contribution in [-0.4, -0.2) is 0 Å². The van der Waals surface area contributed by atoms with Crippen LogP contribution in [0.3, 0.4) is 0 Å². The molecule has 2 aromatic heterocycles. The molecule has 5 rings (SSSR count). The van der Waals surface area contributed by atoms with E-state index in [1.165, 1.54) is 0 Å². The lowest BCUT2D eigenvalue weighted by molar-refractivity contribution is 0.616. The van der Waals surface area contributed by atoms with E-state index in [1.807, 2.05) is 36.4 Å². The van der Waals surface area contributed by atoms with E-state index in [9.17, 15) is 0 Å². The molecule has 0 unspecified atom stereocenters. The smallest absolute Gasteiger partial charge is 0.135 e. The van der Waals surface area contributed by atoms with E-state index < -0.39 is 0 Å². The van der Waals surface area contributed by atoms with E-state index in [2.05, 4.69) is 24.3 Å². The van der Waals surface area contributed by atoms with Crippen LogP contribution in [0.4, 0.5) is 0 Å². The number of furan rings is 2. The van der Waals surface area contributed by atoms with Gasteiger partial charge in [-0.3, -0.25) is 0 Å². The van der Waals surface area contributed by atoms with Gasteiger partial charge in [0.05, 0.1) is 6.26 Å². The Morgan fingerprint density at radius 2 is 1.35 bits per heavy atom. The van der Waals surface area contributed by atoms with Gasteiger partial charge in [-0.05, 0) is 59.7 Å². The third-order valence-corrected chi connectivity index (χ3v) is 4.45.